The van der Waals surface area contributed by atoms with E-state index >= 15 is 0 Å². The first-order chi connectivity index (χ1) is 18.5. The third kappa shape index (κ3) is 5.07. The number of aryl methyl sites for hydroxylation is 1. The van der Waals surface area contributed by atoms with E-state index in [0.29, 0.717) is 35.8 Å². The van der Waals surface area contributed by atoms with Gasteiger partial charge in [0.25, 0.3) is 0 Å². The lowest BCUT2D eigenvalue weighted by molar-refractivity contribution is -0.146. The number of hydrogen-bond donors (Lipinski definition) is 1. The van der Waals surface area contributed by atoms with Crippen molar-refractivity contribution in [2.75, 3.05) is 13.1 Å². The summed E-state index contributed by atoms with van der Waals surface area (Å²) >= 11 is 6.46. The van der Waals surface area contributed by atoms with Gasteiger partial charge in [-0.2, -0.15) is 13.2 Å². The van der Waals surface area contributed by atoms with Crippen LogP contribution < -0.4 is 5.73 Å². The first kappa shape index (κ1) is 27.3. The number of allylic oxidation sites excluding steroid dienone is 1. The van der Waals surface area contributed by atoms with Crippen LogP contribution in [0.1, 0.15) is 71.9 Å². The SMILES string of the molecule is C=C(N)C1CCN(C(=C)C[C@H]2C[C@H](c3cccc(CC)c3C)c3cc(Cl)ccc3-n3c2nnc3C(F)(F)F)C1. The van der Waals surface area contributed by atoms with Crippen molar-refractivity contribution in [1.82, 2.24) is 19.7 Å². The summed E-state index contributed by atoms with van der Waals surface area (Å²) in [7, 11) is 0. The number of likely N-dealkylation sites (tertiary alicyclic amines) is 1. The van der Waals surface area contributed by atoms with Crippen molar-refractivity contribution in [3.05, 3.63) is 99.9 Å². The Hall–Kier alpha value is -3.26. The monoisotopic (exact) mass is 555 g/mol. The Morgan fingerprint density at radius 3 is 2.59 bits per heavy atom. The molecule has 5 rings (SSSR count). The number of nitrogens with zero attached hydrogens (tertiary/aromatic N) is 4. The fourth-order valence-corrected chi connectivity index (χ4v) is 6.38. The number of rotatable bonds is 6. The number of nitrogens with two attached hydrogens (primary N) is 1. The van der Waals surface area contributed by atoms with Gasteiger partial charge in [0.15, 0.2) is 0 Å². The predicted molar refractivity (Wildman–Crippen MR) is 148 cm³/mol. The van der Waals surface area contributed by atoms with E-state index in [0.717, 1.165) is 41.8 Å². The summed E-state index contributed by atoms with van der Waals surface area (Å²) in [5.74, 6) is -1.12. The number of alkyl halides is 3. The number of fused-ring (bicyclic) bond motifs is 3. The molecule has 2 aliphatic rings. The van der Waals surface area contributed by atoms with Crippen molar-refractivity contribution >= 4 is 11.6 Å². The van der Waals surface area contributed by atoms with Gasteiger partial charge in [-0.1, -0.05) is 49.9 Å². The molecule has 39 heavy (non-hydrogen) atoms. The van der Waals surface area contributed by atoms with Crippen LogP contribution in [0.25, 0.3) is 5.69 Å². The Kier molecular flexibility index (Phi) is 7.27. The van der Waals surface area contributed by atoms with Crippen LogP contribution in [-0.2, 0) is 12.6 Å². The number of halogens is 4. The van der Waals surface area contributed by atoms with E-state index in [4.69, 9.17) is 17.3 Å². The van der Waals surface area contributed by atoms with Crippen molar-refractivity contribution in [1.29, 1.82) is 0 Å². The molecular weight excluding hydrogens is 523 g/mol. The molecule has 1 aromatic heterocycles. The third-order valence-corrected chi connectivity index (χ3v) is 8.55. The molecule has 0 saturated carbocycles. The van der Waals surface area contributed by atoms with Gasteiger partial charge in [0.2, 0.25) is 5.82 Å². The van der Waals surface area contributed by atoms with Crippen LogP contribution in [0.2, 0.25) is 5.02 Å². The molecule has 2 aliphatic heterocycles. The molecule has 3 heterocycles. The van der Waals surface area contributed by atoms with Crippen molar-refractivity contribution in [2.45, 2.75) is 57.5 Å². The van der Waals surface area contributed by atoms with Crippen molar-refractivity contribution in [3.63, 3.8) is 0 Å². The molecule has 0 bridgehead atoms. The highest BCUT2D eigenvalue weighted by Gasteiger charge is 2.43. The summed E-state index contributed by atoms with van der Waals surface area (Å²) in [5.41, 5.74) is 12.0. The van der Waals surface area contributed by atoms with Gasteiger partial charge >= 0.3 is 6.18 Å². The van der Waals surface area contributed by atoms with Crippen LogP contribution >= 0.6 is 11.6 Å². The molecule has 206 valence electrons. The highest BCUT2D eigenvalue weighted by atomic mass is 35.5. The molecule has 2 aromatic carbocycles. The second kappa shape index (κ2) is 10.4. The van der Waals surface area contributed by atoms with Crippen LogP contribution in [0.15, 0.2) is 61.0 Å². The predicted octanol–water partition coefficient (Wildman–Crippen LogP) is 7.13. The van der Waals surface area contributed by atoms with E-state index in [1.165, 1.54) is 10.1 Å². The summed E-state index contributed by atoms with van der Waals surface area (Å²) in [6, 6.07) is 11.3. The van der Waals surface area contributed by atoms with Crippen molar-refractivity contribution in [3.8, 4) is 5.69 Å². The highest BCUT2D eigenvalue weighted by Crippen LogP contribution is 2.47. The smallest absolute Gasteiger partial charge is 0.402 e. The molecule has 2 N–H and O–H groups in total. The van der Waals surface area contributed by atoms with E-state index in [9.17, 15) is 13.2 Å². The second-order valence-electron chi connectivity index (χ2n) is 10.7. The van der Waals surface area contributed by atoms with Gasteiger partial charge in [-0.05, 0) is 73.1 Å². The molecule has 1 unspecified atom stereocenters. The molecule has 3 atom stereocenters. The first-order valence-corrected chi connectivity index (χ1v) is 13.6. The molecule has 0 amide bonds. The molecule has 9 heteroatoms. The molecule has 1 fully saturated rings. The van der Waals surface area contributed by atoms with Crippen LogP contribution in [0, 0.1) is 12.8 Å². The number of hydrogen-bond acceptors (Lipinski definition) is 4. The minimum Gasteiger partial charge on any atom is -0.402 e. The zero-order valence-corrected chi connectivity index (χ0v) is 23.0. The van der Waals surface area contributed by atoms with Crippen molar-refractivity contribution in [2.24, 2.45) is 11.7 Å². The van der Waals surface area contributed by atoms with E-state index in [-0.39, 0.29) is 23.6 Å². The maximum Gasteiger partial charge on any atom is 0.452 e. The van der Waals surface area contributed by atoms with Crippen LogP contribution in [0.3, 0.4) is 0 Å². The average molecular weight is 556 g/mol. The lowest BCUT2D eigenvalue weighted by atomic mass is 9.79. The second-order valence-corrected chi connectivity index (χ2v) is 11.1. The quantitative estimate of drug-likeness (QED) is 0.351. The van der Waals surface area contributed by atoms with Gasteiger partial charge in [-0.3, -0.25) is 4.57 Å². The summed E-state index contributed by atoms with van der Waals surface area (Å²) in [4.78, 5) is 2.17. The summed E-state index contributed by atoms with van der Waals surface area (Å²) in [5, 5.41) is 8.28. The van der Waals surface area contributed by atoms with Crippen molar-refractivity contribution < 1.29 is 13.2 Å². The normalized spacial score (nSPS) is 20.9. The zero-order chi connectivity index (χ0) is 28.1. The first-order valence-electron chi connectivity index (χ1n) is 13.3. The van der Waals surface area contributed by atoms with E-state index in [1.807, 2.05) is 6.07 Å². The Morgan fingerprint density at radius 1 is 1.15 bits per heavy atom. The van der Waals surface area contributed by atoms with Gasteiger partial charge in [0, 0.05) is 47.3 Å². The van der Waals surface area contributed by atoms with Crippen LogP contribution in [-0.4, -0.2) is 32.8 Å². The fourth-order valence-electron chi connectivity index (χ4n) is 6.20. The average Bonchev–Trinajstić information content (AvgIpc) is 3.53. The summed E-state index contributed by atoms with van der Waals surface area (Å²) in [6.07, 6.45) is -1.95. The zero-order valence-electron chi connectivity index (χ0n) is 22.2. The molecule has 0 aliphatic carbocycles. The standard InChI is InChI=1S/C30H33ClF3N5/c1-5-20-7-6-8-24(18(20)3)25-14-22(13-17(2)38-12-11-21(16-38)19(4)35)28-36-37-29(30(32,33)34)39(28)27-10-9-23(31)15-26(25)27/h6-10,15,21-22,25H,2,4-5,11-14,16,35H2,1,3H3/t21?,22-,25+/m0/s1. The lowest BCUT2D eigenvalue weighted by Gasteiger charge is -2.27. The topological polar surface area (TPSA) is 60.0 Å². The van der Waals surface area contributed by atoms with Gasteiger partial charge in [-0.15, -0.1) is 10.2 Å². The maximum atomic E-state index is 14.3. The Labute approximate surface area is 232 Å². The largest absolute Gasteiger partial charge is 0.452 e. The van der Waals surface area contributed by atoms with Gasteiger partial charge in [0.05, 0.1) is 5.69 Å². The van der Waals surface area contributed by atoms with Gasteiger partial charge < -0.3 is 10.6 Å². The Bertz CT molecular complexity index is 1430. The van der Waals surface area contributed by atoms with E-state index in [2.05, 4.69) is 54.2 Å². The molecular formula is C30H33ClF3N5. The lowest BCUT2D eigenvalue weighted by Crippen LogP contribution is -2.23. The van der Waals surface area contributed by atoms with E-state index in [1.54, 1.807) is 18.2 Å². The van der Waals surface area contributed by atoms with Crippen LogP contribution in [0.5, 0.6) is 0 Å². The Balaban J connectivity index is 1.65. The molecule has 3 aromatic rings. The van der Waals surface area contributed by atoms with Gasteiger partial charge in [0.1, 0.15) is 5.82 Å². The fraction of sp³-hybridized carbons (Fsp3) is 0.400. The third-order valence-electron chi connectivity index (χ3n) is 8.32. The molecule has 0 spiro atoms. The number of benzene rings is 2. The number of aromatic nitrogens is 3. The van der Waals surface area contributed by atoms with Gasteiger partial charge in [-0.25, -0.2) is 0 Å². The summed E-state index contributed by atoms with van der Waals surface area (Å²) in [6.45, 7) is 13.9. The summed E-state index contributed by atoms with van der Waals surface area (Å²) < 4.78 is 44.0. The minimum absolute atomic E-state index is 0.176. The molecule has 5 nitrogen and oxygen atoms in total. The Morgan fingerprint density at radius 2 is 1.92 bits per heavy atom. The van der Waals surface area contributed by atoms with Crippen LogP contribution in [0.4, 0.5) is 13.2 Å². The minimum atomic E-state index is -4.68. The maximum absolute atomic E-state index is 14.3. The van der Waals surface area contributed by atoms with E-state index < -0.39 is 12.0 Å². The molecule has 0 radical (unpaired) electrons. The molecule has 1 saturated heterocycles. The highest BCUT2D eigenvalue weighted by molar-refractivity contribution is 6.30.